The van der Waals surface area contributed by atoms with E-state index in [0.717, 1.165) is 33.8 Å². The molecule has 0 spiro atoms. The van der Waals surface area contributed by atoms with Crippen LogP contribution in [0, 0.1) is 6.92 Å². The zero-order valence-electron chi connectivity index (χ0n) is 19.0. The van der Waals surface area contributed by atoms with Gasteiger partial charge in [0.1, 0.15) is 11.3 Å². The Hall–Kier alpha value is -3.44. The predicted octanol–water partition coefficient (Wildman–Crippen LogP) is 1.78. The lowest BCUT2D eigenvalue weighted by atomic mass is 10.0. The van der Waals surface area contributed by atoms with E-state index in [1.165, 1.54) is 0 Å². The molecule has 1 fully saturated rings. The largest absolute Gasteiger partial charge is 0.368 e. The zero-order chi connectivity index (χ0) is 24.0. The fraction of sp³-hybridized carbons (Fsp3) is 0.348. The van der Waals surface area contributed by atoms with E-state index in [9.17, 15) is 18.0 Å². The Labute approximate surface area is 197 Å². The van der Waals surface area contributed by atoms with Gasteiger partial charge in [-0.05, 0) is 54.8 Å². The first-order chi connectivity index (χ1) is 16.2. The van der Waals surface area contributed by atoms with Gasteiger partial charge < -0.3 is 14.2 Å². The standard InChI is InChI=1S/C23H25N5O5S/c1-16-7-8-27-15-19(24-21(27)13-16)23(30)26-11-9-25(10-12-26)18-4-5-20-17(14-18)3-6-22(29)28(20)33-34(2,31)32/h4-5,7-8,13-15H,3,6,9-12H2,1-2H3. The van der Waals surface area contributed by atoms with Gasteiger partial charge in [-0.25, -0.2) is 4.98 Å². The van der Waals surface area contributed by atoms with Crippen LogP contribution in [0.3, 0.4) is 0 Å². The Morgan fingerprint density at radius 1 is 1.06 bits per heavy atom. The summed E-state index contributed by atoms with van der Waals surface area (Å²) in [6.07, 6.45) is 5.26. The van der Waals surface area contributed by atoms with Crippen LogP contribution in [0.4, 0.5) is 11.4 Å². The quantitative estimate of drug-likeness (QED) is 0.557. The number of aryl methyl sites for hydroxylation is 2. The number of amides is 2. The number of hydrogen-bond donors (Lipinski definition) is 0. The summed E-state index contributed by atoms with van der Waals surface area (Å²) in [5.41, 5.74) is 4.53. The topological polar surface area (TPSA) is 105 Å². The van der Waals surface area contributed by atoms with Crippen molar-refractivity contribution in [1.29, 1.82) is 0 Å². The van der Waals surface area contributed by atoms with Gasteiger partial charge in [-0.2, -0.15) is 13.5 Å². The maximum absolute atomic E-state index is 13.0. The Kier molecular flexibility index (Phi) is 5.53. The van der Waals surface area contributed by atoms with Gasteiger partial charge in [0.25, 0.3) is 21.9 Å². The first-order valence-electron chi connectivity index (χ1n) is 11.0. The molecule has 4 heterocycles. The highest BCUT2D eigenvalue weighted by Gasteiger charge is 2.30. The summed E-state index contributed by atoms with van der Waals surface area (Å²) in [6.45, 7) is 4.42. The fourth-order valence-electron chi connectivity index (χ4n) is 4.38. The number of pyridine rings is 1. The molecular formula is C23H25N5O5S. The van der Waals surface area contributed by atoms with E-state index >= 15 is 0 Å². The average molecular weight is 484 g/mol. The summed E-state index contributed by atoms with van der Waals surface area (Å²) in [5, 5.41) is 0.866. The van der Waals surface area contributed by atoms with Gasteiger partial charge in [-0.3, -0.25) is 9.59 Å². The second kappa shape index (κ2) is 8.41. The van der Waals surface area contributed by atoms with E-state index in [4.69, 9.17) is 4.28 Å². The second-order valence-corrected chi connectivity index (χ2v) is 10.2. The van der Waals surface area contributed by atoms with Crippen molar-refractivity contribution in [3.63, 3.8) is 0 Å². The minimum absolute atomic E-state index is 0.0847. The van der Waals surface area contributed by atoms with Crippen LogP contribution in [0.15, 0.2) is 42.7 Å². The molecule has 0 unspecified atom stereocenters. The summed E-state index contributed by atoms with van der Waals surface area (Å²) in [5.74, 6) is -0.474. The number of carbonyl (C=O) groups excluding carboxylic acids is 2. The Bertz CT molecular complexity index is 1390. The smallest absolute Gasteiger partial charge is 0.285 e. The van der Waals surface area contributed by atoms with E-state index < -0.39 is 10.1 Å². The third-order valence-corrected chi connectivity index (χ3v) is 6.51. The van der Waals surface area contributed by atoms with Crippen molar-refractivity contribution in [2.24, 2.45) is 0 Å². The molecule has 2 aliphatic rings. The number of nitrogens with zero attached hydrogens (tertiary/aromatic N) is 5. The molecule has 11 heteroatoms. The van der Waals surface area contributed by atoms with Crippen molar-refractivity contribution >= 4 is 39.0 Å². The van der Waals surface area contributed by atoms with Gasteiger partial charge >= 0.3 is 0 Å². The number of hydroxylamine groups is 1. The van der Waals surface area contributed by atoms with E-state index in [1.807, 2.05) is 46.7 Å². The highest BCUT2D eigenvalue weighted by molar-refractivity contribution is 7.86. The SMILES string of the molecule is Cc1ccn2cc(C(=O)N3CCN(c4ccc5c(c4)CCC(=O)N5OS(C)(=O)=O)CC3)nc2c1. The molecule has 10 nitrogen and oxygen atoms in total. The van der Waals surface area contributed by atoms with Gasteiger partial charge in [-0.1, -0.05) is 0 Å². The molecule has 1 aromatic carbocycles. The average Bonchev–Trinajstić information content (AvgIpc) is 3.23. The fourth-order valence-corrected chi connectivity index (χ4v) is 4.81. The van der Waals surface area contributed by atoms with Crippen LogP contribution < -0.4 is 9.96 Å². The molecule has 1 saturated heterocycles. The highest BCUT2D eigenvalue weighted by atomic mass is 32.2. The number of aromatic nitrogens is 2. The van der Waals surface area contributed by atoms with E-state index in [0.29, 0.717) is 44.0 Å². The van der Waals surface area contributed by atoms with E-state index in [-0.39, 0.29) is 18.2 Å². The van der Waals surface area contributed by atoms with Gasteiger partial charge in [0, 0.05) is 50.7 Å². The normalized spacial score (nSPS) is 16.8. The van der Waals surface area contributed by atoms with E-state index in [1.54, 1.807) is 12.3 Å². The molecule has 0 radical (unpaired) electrons. The minimum Gasteiger partial charge on any atom is -0.368 e. The molecule has 5 rings (SSSR count). The number of piperazine rings is 1. The molecule has 3 aromatic rings. The number of fused-ring (bicyclic) bond motifs is 2. The van der Waals surface area contributed by atoms with Gasteiger partial charge in [-0.15, -0.1) is 4.28 Å². The number of benzene rings is 1. The summed E-state index contributed by atoms with van der Waals surface area (Å²) in [6, 6.07) is 9.44. The minimum atomic E-state index is -3.83. The van der Waals surface area contributed by atoms with Crippen LogP contribution in [0.1, 0.15) is 28.0 Å². The number of anilines is 2. The lowest BCUT2D eigenvalue weighted by Gasteiger charge is -2.36. The number of carbonyl (C=O) groups is 2. The maximum atomic E-state index is 13.0. The van der Waals surface area contributed by atoms with Crippen molar-refractivity contribution in [3.8, 4) is 0 Å². The first kappa shape index (κ1) is 22.4. The monoisotopic (exact) mass is 483 g/mol. The molecule has 178 valence electrons. The van der Waals surface area contributed by atoms with E-state index in [2.05, 4.69) is 9.88 Å². The zero-order valence-corrected chi connectivity index (χ0v) is 19.8. The van der Waals surface area contributed by atoms with Crippen LogP contribution >= 0.6 is 0 Å². The molecule has 0 aliphatic carbocycles. The van der Waals surface area contributed by atoms with Crippen LogP contribution in [-0.4, -0.2) is 67.0 Å². The van der Waals surface area contributed by atoms with Gasteiger partial charge in [0.2, 0.25) is 0 Å². The molecular weight excluding hydrogens is 458 g/mol. The summed E-state index contributed by atoms with van der Waals surface area (Å²) < 4.78 is 29.9. The number of rotatable bonds is 4. The molecule has 0 N–H and O–H groups in total. The van der Waals surface area contributed by atoms with Crippen molar-refractivity contribution < 1.29 is 22.3 Å². The molecule has 0 bridgehead atoms. The third-order valence-electron chi connectivity index (χ3n) is 6.09. The predicted molar refractivity (Wildman–Crippen MR) is 126 cm³/mol. The summed E-state index contributed by atoms with van der Waals surface area (Å²) in [7, 11) is -3.83. The number of imidazole rings is 1. The molecule has 2 aromatic heterocycles. The highest BCUT2D eigenvalue weighted by Crippen LogP contribution is 2.32. The van der Waals surface area contributed by atoms with Crippen LogP contribution in [-0.2, 0) is 25.6 Å². The third kappa shape index (κ3) is 4.36. The van der Waals surface area contributed by atoms with Crippen molar-refractivity contribution in [1.82, 2.24) is 14.3 Å². The summed E-state index contributed by atoms with van der Waals surface area (Å²) >= 11 is 0. The van der Waals surface area contributed by atoms with Crippen LogP contribution in [0.25, 0.3) is 5.65 Å². The van der Waals surface area contributed by atoms with Crippen molar-refractivity contribution in [2.45, 2.75) is 19.8 Å². The second-order valence-electron chi connectivity index (χ2n) is 8.65. The van der Waals surface area contributed by atoms with Crippen molar-refractivity contribution in [3.05, 3.63) is 59.5 Å². The Balaban J connectivity index is 1.28. The molecule has 34 heavy (non-hydrogen) atoms. The lowest BCUT2D eigenvalue weighted by Crippen LogP contribution is -2.49. The van der Waals surface area contributed by atoms with Gasteiger partial charge in [0.05, 0.1) is 11.9 Å². The molecule has 0 saturated carbocycles. The molecule has 2 amide bonds. The summed E-state index contributed by atoms with van der Waals surface area (Å²) in [4.78, 5) is 33.7. The van der Waals surface area contributed by atoms with Crippen LogP contribution in [0.2, 0.25) is 0 Å². The Morgan fingerprint density at radius 2 is 1.82 bits per heavy atom. The first-order valence-corrected chi connectivity index (χ1v) is 12.8. The van der Waals surface area contributed by atoms with Crippen LogP contribution in [0.5, 0.6) is 0 Å². The Morgan fingerprint density at radius 3 is 2.56 bits per heavy atom. The maximum Gasteiger partial charge on any atom is 0.285 e. The number of hydrogen-bond acceptors (Lipinski definition) is 7. The lowest BCUT2D eigenvalue weighted by molar-refractivity contribution is -0.123. The molecule has 2 aliphatic heterocycles. The van der Waals surface area contributed by atoms with Crippen molar-refractivity contribution in [2.75, 3.05) is 42.4 Å². The molecule has 0 atom stereocenters. The van der Waals surface area contributed by atoms with Gasteiger partial charge in [0.15, 0.2) is 0 Å².